The molecule has 0 amide bonds. The lowest BCUT2D eigenvalue weighted by molar-refractivity contribution is 0.293. The molecule has 3 nitrogen and oxygen atoms in total. The highest BCUT2D eigenvalue weighted by Crippen LogP contribution is 2.47. The molecule has 0 aromatic heterocycles. The summed E-state index contributed by atoms with van der Waals surface area (Å²) in [7, 11) is -2.15. The van der Waals surface area contributed by atoms with Gasteiger partial charge in [0.05, 0.1) is 7.14 Å². The van der Waals surface area contributed by atoms with Crippen LogP contribution in [-0.4, -0.2) is 41.9 Å². The Morgan fingerprint density at radius 1 is 0.591 bits per heavy atom. The Hall–Kier alpha value is 0.150. The minimum absolute atomic E-state index is 0.126. The molecule has 0 heterocycles. The first-order valence-electron chi connectivity index (χ1n) is 9.47. The van der Waals surface area contributed by atoms with E-state index in [2.05, 4.69) is 6.92 Å². The monoisotopic (exact) mass is 334 g/mol. The van der Waals surface area contributed by atoms with E-state index in [0.717, 1.165) is 12.6 Å². The molecular weight excluding hydrogens is 295 g/mol. The quantitative estimate of drug-likeness (QED) is 0.289. The number of hydrogen-bond donors (Lipinski definition) is 2. The van der Waals surface area contributed by atoms with Crippen LogP contribution in [0.4, 0.5) is 0 Å². The molecule has 0 fully saturated rings. The highest BCUT2D eigenvalue weighted by molar-refractivity contribution is 7.63. The van der Waals surface area contributed by atoms with Crippen molar-refractivity contribution in [3.63, 3.8) is 0 Å². The van der Waals surface area contributed by atoms with Crippen molar-refractivity contribution in [2.75, 3.05) is 31.7 Å². The summed E-state index contributed by atoms with van der Waals surface area (Å²) < 4.78 is 12.7. The second-order valence-corrected chi connectivity index (χ2v) is 10.0. The Bertz CT molecular complexity index is 257. The van der Waals surface area contributed by atoms with Gasteiger partial charge in [-0.05, 0) is 19.3 Å². The molecule has 134 valence electrons. The van der Waals surface area contributed by atoms with Crippen LogP contribution >= 0.6 is 7.14 Å². The summed E-state index contributed by atoms with van der Waals surface area (Å²) in [4.78, 5) is 0. The molecule has 0 aromatic carbocycles. The zero-order chi connectivity index (χ0) is 16.5. The predicted octanol–water partition coefficient (Wildman–Crippen LogP) is 5.04. The maximum absolute atomic E-state index is 12.7. The fraction of sp³-hybridized carbons (Fsp3) is 1.00. The fourth-order valence-electron chi connectivity index (χ4n) is 2.94. The lowest BCUT2D eigenvalue weighted by Gasteiger charge is -2.17. The standard InChI is InChI=1S/C18H39O3P/c1-2-3-4-5-6-7-8-9-10-11-16-22(21,17-12-14-19)18-13-15-20/h19-20H,2-18H2,1H3. The van der Waals surface area contributed by atoms with Crippen molar-refractivity contribution < 1.29 is 14.8 Å². The molecule has 0 aliphatic carbocycles. The van der Waals surface area contributed by atoms with Gasteiger partial charge < -0.3 is 14.8 Å². The van der Waals surface area contributed by atoms with Crippen molar-refractivity contribution in [2.24, 2.45) is 0 Å². The minimum atomic E-state index is -2.15. The van der Waals surface area contributed by atoms with Gasteiger partial charge in [0.15, 0.2) is 0 Å². The first-order chi connectivity index (χ1) is 10.7. The van der Waals surface area contributed by atoms with Gasteiger partial charge in [-0.2, -0.15) is 0 Å². The molecule has 0 aliphatic rings. The Labute approximate surface area is 138 Å². The van der Waals surface area contributed by atoms with Crippen LogP contribution in [-0.2, 0) is 4.57 Å². The molecule has 0 aromatic rings. The lowest BCUT2D eigenvalue weighted by atomic mass is 10.1. The molecule has 0 saturated carbocycles. The summed E-state index contributed by atoms with van der Waals surface area (Å²) in [6.45, 7) is 2.50. The van der Waals surface area contributed by atoms with E-state index in [1.165, 1.54) is 57.8 Å². The second-order valence-electron chi connectivity index (χ2n) is 6.57. The van der Waals surface area contributed by atoms with Crippen LogP contribution in [0.2, 0.25) is 0 Å². The molecule has 0 unspecified atom stereocenters. The summed E-state index contributed by atoms with van der Waals surface area (Å²) in [6, 6.07) is 0. The van der Waals surface area contributed by atoms with E-state index in [-0.39, 0.29) is 13.2 Å². The Balaban J connectivity index is 3.60. The smallest absolute Gasteiger partial charge is 0.0879 e. The van der Waals surface area contributed by atoms with E-state index in [4.69, 9.17) is 10.2 Å². The first-order valence-corrected chi connectivity index (χ1v) is 11.7. The van der Waals surface area contributed by atoms with Gasteiger partial charge in [0.25, 0.3) is 0 Å². The van der Waals surface area contributed by atoms with Crippen LogP contribution in [0, 0.1) is 0 Å². The van der Waals surface area contributed by atoms with E-state index in [1.54, 1.807) is 0 Å². The highest BCUT2D eigenvalue weighted by atomic mass is 31.2. The van der Waals surface area contributed by atoms with Crippen LogP contribution in [0.15, 0.2) is 0 Å². The molecule has 0 rings (SSSR count). The lowest BCUT2D eigenvalue weighted by Crippen LogP contribution is -2.04. The van der Waals surface area contributed by atoms with E-state index >= 15 is 0 Å². The third kappa shape index (κ3) is 13.8. The second kappa shape index (κ2) is 16.0. The van der Waals surface area contributed by atoms with Crippen LogP contribution in [0.5, 0.6) is 0 Å². The SMILES string of the molecule is CCCCCCCCCCCCP(=O)(CCCO)CCCO. The zero-order valence-corrected chi connectivity index (χ0v) is 15.7. The van der Waals surface area contributed by atoms with Crippen molar-refractivity contribution in [3.05, 3.63) is 0 Å². The van der Waals surface area contributed by atoms with Crippen LogP contribution in [0.1, 0.15) is 84.0 Å². The van der Waals surface area contributed by atoms with Crippen LogP contribution < -0.4 is 0 Å². The summed E-state index contributed by atoms with van der Waals surface area (Å²) >= 11 is 0. The van der Waals surface area contributed by atoms with Crippen molar-refractivity contribution in [3.8, 4) is 0 Å². The molecule has 4 heteroatoms. The van der Waals surface area contributed by atoms with Gasteiger partial charge in [-0.3, -0.25) is 0 Å². The van der Waals surface area contributed by atoms with Gasteiger partial charge in [-0.1, -0.05) is 64.7 Å². The number of unbranched alkanes of at least 4 members (excludes halogenated alkanes) is 9. The molecule has 0 saturated heterocycles. The number of aliphatic hydroxyl groups is 2. The maximum atomic E-state index is 12.7. The van der Waals surface area contributed by atoms with Crippen LogP contribution in [0.3, 0.4) is 0 Å². The Morgan fingerprint density at radius 2 is 0.955 bits per heavy atom. The average Bonchev–Trinajstić information content (AvgIpc) is 2.53. The van der Waals surface area contributed by atoms with E-state index in [1.807, 2.05) is 0 Å². The molecule has 0 spiro atoms. The van der Waals surface area contributed by atoms with Gasteiger partial charge in [-0.15, -0.1) is 0 Å². The Kier molecular flexibility index (Phi) is 16.1. The third-order valence-corrected chi connectivity index (χ3v) is 7.76. The van der Waals surface area contributed by atoms with Crippen molar-refractivity contribution in [1.82, 2.24) is 0 Å². The molecule has 0 aliphatic heterocycles. The van der Waals surface area contributed by atoms with Gasteiger partial charge >= 0.3 is 0 Å². The Morgan fingerprint density at radius 3 is 1.36 bits per heavy atom. The summed E-state index contributed by atoms with van der Waals surface area (Å²) in [6.07, 6.45) is 16.3. The normalized spacial score (nSPS) is 12.0. The van der Waals surface area contributed by atoms with Gasteiger partial charge in [-0.25, -0.2) is 0 Å². The zero-order valence-electron chi connectivity index (χ0n) is 14.8. The highest BCUT2D eigenvalue weighted by Gasteiger charge is 2.20. The van der Waals surface area contributed by atoms with Crippen LogP contribution in [0.25, 0.3) is 0 Å². The van der Waals surface area contributed by atoms with Gasteiger partial charge in [0, 0.05) is 31.7 Å². The number of rotatable bonds is 17. The first kappa shape index (κ1) is 22.1. The minimum Gasteiger partial charge on any atom is -0.396 e. The molecule has 0 atom stereocenters. The molecule has 0 bridgehead atoms. The van der Waals surface area contributed by atoms with E-state index in [0.29, 0.717) is 25.2 Å². The predicted molar refractivity (Wildman–Crippen MR) is 97.5 cm³/mol. The summed E-state index contributed by atoms with van der Waals surface area (Å²) in [5, 5.41) is 17.9. The molecule has 22 heavy (non-hydrogen) atoms. The summed E-state index contributed by atoms with van der Waals surface area (Å²) in [5.74, 6) is 0. The molecule has 0 radical (unpaired) electrons. The van der Waals surface area contributed by atoms with Crippen molar-refractivity contribution >= 4 is 7.14 Å². The molecule has 2 N–H and O–H groups in total. The summed E-state index contributed by atoms with van der Waals surface area (Å²) in [5.41, 5.74) is 0. The fourth-order valence-corrected chi connectivity index (χ4v) is 5.85. The molecular formula is C18H39O3P. The number of hydrogen-bond acceptors (Lipinski definition) is 3. The number of aliphatic hydroxyl groups excluding tert-OH is 2. The average molecular weight is 334 g/mol. The third-order valence-electron chi connectivity index (χ3n) is 4.37. The van der Waals surface area contributed by atoms with Crippen molar-refractivity contribution in [2.45, 2.75) is 84.0 Å². The van der Waals surface area contributed by atoms with Crippen molar-refractivity contribution in [1.29, 1.82) is 0 Å². The largest absolute Gasteiger partial charge is 0.396 e. The topological polar surface area (TPSA) is 57.5 Å². The van der Waals surface area contributed by atoms with Gasteiger partial charge in [0.2, 0.25) is 0 Å². The van der Waals surface area contributed by atoms with E-state index in [9.17, 15) is 4.57 Å². The van der Waals surface area contributed by atoms with Gasteiger partial charge in [0.1, 0.15) is 0 Å². The van der Waals surface area contributed by atoms with E-state index < -0.39 is 7.14 Å². The maximum Gasteiger partial charge on any atom is 0.0879 e.